The Labute approximate surface area is 111 Å². The molecule has 1 fully saturated rings. The monoisotopic (exact) mass is 260 g/mol. The quantitative estimate of drug-likeness (QED) is 0.662. The second kappa shape index (κ2) is 6.05. The number of likely N-dealkylation sites (tertiary alicyclic amines) is 1. The predicted molar refractivity (Wildman–Crippen MR) is 69.0 cm³/mol. The van der Waals surface area contributed by atoms with Gasteiger partial charge in [0.25, 0.3) is 5.91 Å². The van der Waals surface area contributed by atoms with Crippen LogP contribution in [0, 0.1) is 18.3 Å². The zero-order chi connectivity index (χ0) is 13.7. The highest BCUT2D eigenvalue weighted by atomic mass is 16.5. The molecule has 6 heteroatoms. The van der Waals surface area contributed by atoms with E-state index in [-0.39, 0.29) is 11.5 Å². The SMILES string of the molecule is Cc1cc(N/C=C(/C#N)C(=O)N2CCCCC2)no1. The molecule has 1 aromatic heterocycles. The van der Waals surface area contributed by atoms with Crippen LogP contribution in [-0.4, -0.2) is 29.1 Å². The molecule has 1 saturated heterocycles. The van der Waals surface area contributed by atoms with Gasteiger partial charge in [0, 0.05) is 25.4 Å². The fourth-order valence-electron chi connectivity index (χ4n) is 1.99. The summed E-state index contributed by atoms with van der Waals surface area (Å²) in [5, 5.41) is 15.6. The van der Waals surface area contributed by atoms with Crippen LogP contribution >= 0.6 is 0 Å². The third kappa shape index (κ3) is 3.35. The van der Waals surface area contributed by atoms with Crippen molar-refractivity contribution < 1.29 is 9.32 Å². The van der Waals surface area contributed by atoms with Gasteiger partial charge in [-0.3, -0.25) is 4.79 Å². The first-order chi connectivity index (χ1) is 9.20. The number of nitriles is 1. The summed E-state index contributed by atoms with van der Waals surface area (Å²) < 4.78 is 4.89. The third-order valence-electron chi connectivity index (χ3n) is 2.99. The van der Waals surface area contributed by atoms with Crippen LogP contribution in [-0.2, 0) is 4.79 Å². The van der Waals surface area contributed by atoms with Gasteiger partial charge in [0.1, 0.15) is 17.4 Å². The number of anilines is 1. The van der Waals surface area contributed by atoms with Crippen molar-refractivity contribution in [1.29, 1.82) is 5.26 Å². The first-order valence-corrected chi connectivity index (χ1v) is 6.30. The Morgan fingerprint density at radius 3 is 2.84 bits per heavy atom. The molecule has 1 aliphatic rings. The topological polar surface area (TPSA) is 82.2 Å². The molecular formula is C13H16N4O2. The van der Waals surface area contributed by atoms with Crippen LogP contribution in [0.3, 0.4) is 0 Å². The predicted octanol–water partition coefficient (Wildman–Crippen LogP) is 1.81. The van der Waals surface area contributed by atoms with E-state index < -0.39 is 0 Å². The Bertz CT molecular complexity index is 521. The number of carbonyl (C=O) groups is 1. The van der Waals surface area contributed by atoms with Crippen molar-refractivity contribution in [2.75, 3.05) is 18.4 Å². The van der Waals surface area contributed by atoms with Crippen LogP contribution in [0.15, 0.2) is 22.4 Å². The Hall–Kier alpha value is -2.29. The maximum Gasteiger partial charge on any atom is 0.266 e. The number of hydrogen-bond acceptors (Lipinski definition) is 5. The molecule has 0 saturated carbocycles. The minimum Gasteiger partial charge on any atom is -0.360 e. The second-order valence-electron chi connectivity index (χ2n) is 4.49. The Balaban J connectivity index is 2.02. The number of aromatic nitrogens is 1. The highest BCUT2D eigenvalue weighted by Gasteiger charge is 2.20. The molecule has 2 rings (SSSR count). The van der Waals surface area contributed by atoms with Crippen molar-refractivity contribution in [3.63, 3.8) is 0 Å². The summed E-state index contributed by atoms with van der Waals surface area (Å²) in [4.78, 5) is 13.8. The van der Waals surface area contributed by atoms with Gasteiger partial charge in [-0.1, -0.05) is 5.16 Å². The van der Waals surface area contributed by atoms with Crippen molar-refractivity contribution in [2.45, 2.75) is 26.2 Å². The molecule has 0 bridgehead atoms. The number of rotatable bonds is 3. The maximum absolute atomic E-state index is 12.1. The van der Waals surface area contributed by atoms with Crippen LogP contribution in [0.1, 0.15) is 25.0 Å². The molecule has 6 nitrogen and oxygen atoms in total. The normalized spacial score (nSPS) is 16.0. The van der Waals surface area contributed by atoms with E-state index in [9.17, 15) is 4.79 Å². The van der Waals surface area contributed by atoms with Crippen molar-refractivity contribution in [3.8, 4) is 6.07 Å². The number of hydrogen-bond donors (Lipinski definition) is 1. The van der Waals surface area contributed by atoms with Crippen LogP contribution in [0.5, 0.6) is 0 Å². The number of nitrogens with zero attached hydrogens (tertiary/aromatic N) is 3. The number of carbonyl (C=O) groups excluding carboxylic acids is 1. The molecule has 0 aromatic carbocycles. The molecule has 19 heavy (non-hydrogen) atoms. The molecule has 0 aliphatic carbocycles. The van der Waals surface area contributed by atoms with Gasteiger partial charge in [-0.05, 0) is 26.2 Å². The lowest BCUT2D eigenvalue weighted by Crippen LogP contribution is -2.36. The first-order valence-electron chi connectivity index (χ1n) is 6.30. The number of aryl methyl sites for hydroxylation is 1. The molecular weight excluding hydrogens is 244 g/mol. The Morgan fingerprint density at radius 2 is 2.26 bits per heavy atom. The molecule has 100 valence electrons. The van der Waals surface area contributed by atoms with Crippen LogP contribution in [0.4, 0.5) is 5.82 Å². The van der Waals surface area contributed by atoms with E-state index >= 15 is 0 Å². The summed E-state index contributed by atoms with van der Waals surface area (Å²) in [6.45, 7) is 3.22. The summed E-state index contributed by atoms with van der Waals surface area (Å²) >= 11 is 0. The van der Waals surface area contributed by atoms with Gasteiger partial charge >= 0.3 is 0 Å². The highest BCUT2D eigenvalue weighted by molar-refractivity contribution is 5.97. The van der Waals surface area contributed by atoms with Crippen molar-refractivity contribution in [3.05, 3.63) is 23.6 Å². The molecule has 1 amide bonds. The fraction of sp³-hybridized carbons (Fsp3) is 0.462. The minimum atomic E-state index is -0.227. The molecule has 0 spiro atoms. The van der Waals surface area contributed by atoms with Gasteiger partial charge in [-0.25, -0.2) is 0 Å². The summed E-state index contributed by atoms with van der Waals surface area (Å²) in [5.74, 6) is 0.920. The average molecular weight is 260 g/mol. The maximum atomic E-state index is 12.1. The Kier molecular flexibility index (Phi) is 4.18. The third-order valence-corrected chi connectivity index (χ3v) is 2.99. The molecule has 1 aromatic rings. The average Bonchev–Trinajstić information content (AvgIpc) is 2.86. The lowest BCUT2D eigenvalue weighted by molar-refractivity contribution is -0.127. The summed E-state index contributed by atoms with van der Waals surface area (Å²) in [7, 11) is 0. The van der Waals surface area contributed by atoms with Crippen LogP contribution in [0.25, 0.3) is 0 Å². The fourth-order valence-corrected chi connectivity index (χ4v) is 1.99. The lowest BCUT2D eigenvalue weighted by atomic mass is 10.1. The summed E-state index contributed by atoms with van der Waals surface area (Å²) in [6, 6.07) is 3.62. The molecule has 2 heterocycles. The van der Waals surface area contributed by atoms with Gasteiger partial charge in [-0.2, -0.15) is 5.26 Å². The van der Waals surface area contributed by atoms with E-state index in [0.717, 1.165) is 32.4 Å². The second-order valence-corrected chi connectivity index (χ2v) is 4.49. The van der Waals surface area contributed by atoms with Crippen molar-refractivity contribution in [2.24, 2.45) is 0 Å². The number of amides is 1. The van der Waals surface area contributed by atoms with Gasteiger partial charge < -0.3 is 14.7 Å². The smallest absolute Gasteiger partial charge is 0.266 e. The largest absolute Gasteiger partial charge is 0.360 e. The first kappa shape index (κ1) is 13.1. The van der Waals surface area contributed by atoms with Gasteiger partial charge in [-0.15, -0.1) is 0 Å². The number of piperidine rings is 1. The van der Waals surface area contributed by atoms with Gasteiger partial charge in [0.05, 0.1) is 0 Å². The Morgan fingerprint density at radius 1 is 1.53 bits per heavy atom. The van der Waals surface area contributed by atoms with E-state index in [1.54, 1.807) is 17.9 Å². The van der Waals surface area contributed by atoms with Crippen molar-refractivity contribution >= 4 is 11.7 Å². The van der Waals surface area contributed by atoms with Crippen LogP contribution < -0.4 is 5.32 Å². The van der Waals surface area contributed by atoms with Crippen LogP contribution in [0.2, 0.25) is 0 Å². The van der Waals surface area contributed by atoms with Gasteiger partial charge in [0.2, 0.25) is 0 Å². The van der Waals surface area contributed by atoms with E-state index in [1.807, 2.05) is 6.07 Å². The van der Waals surface area contributed by atoms with E-state index in [0.29, 0.717) is 11.6 Å². The minimum absolute atomic E-state index is 0.0857. The van der Waals surface area contributed by atoms with Crippen molar-refractivity contribution in [1.82, 2.24) is 10.1 Å². The molecule has 0 atom stereocenters. The van der Waals surface area contributed by atoms with E-state index in [2.05, 4.69) is 10.5 Å². The standard InChI is InChI=1S/C13H16N4O2/c1-10-7-12(16-19-10)15-9-11(8-14)13(18)17-5-3-2-4-6-17/h7,9H,2-6H2,1H3,(H,15,16)/b11-9-. The summed E-state index contributed by atoms with van der Waals surface area (Å²) in [6.07, 6.45) is 4.53. The molecule has 1 aliphatic heterocycles. The number of nitrogens with one attached hydrogen (secondary N) is 1. The highest BCUT2D eigenvalue weighted by Crippen LogP contribution is 2.13. The molecule has 0 unspecified atom stereocenters. The van der Waals surface area contributed by atoms with E-state index in [1.165, 1.54) is 6.20 Å². The van der Waals surface area contributed by atoms with E-state index in [4.69, 9.17) is 9.78 Å². The zero-order valence-corrected chi connectivity index (χ0v) is 10.8. The van der Waals surface area contributed by atoms with Gasteiger partial charge in [0.15, 0.2) is 5.82 Å². The summed E-state index contributed by atoms with van der Waals surface area (Å²) in [5.41, 5.74) is 0.0857. The molecule has 1 N–H and O–H groups in total. The lowest BCUT2D eigenvalue weighted by Gasteiger charge is -2.26. The molecule has 0 radical (unpaired) electrons. The zero-order valence-electron chi connectivity index (χ0n) is 10.8.